The number of rotatable bonds is 10. The lowest BCUT2D eigenvalue weighted by atomic mass is 10.2. The van der Waals surface area contributed by atoms with E-state index in [-0.39, 0.29) is 16.6 Å². The van der Waals surface area contributed by atoms with Gasteiger partial charge in [0.2, 0.25) is 10.0 Å². The van der Waals surface area contributed by atoms with Crippen molar-refractivity contribution in [3.8, 4) is 5.75 Å². The molecule has 174 valence electrons. The zero-order valence-electron chi connectivity index (χ0n) is 17.7. The molecular formula is C22H23N3O6S2. The number of ether oxygens (including phenoxy) is 2. The van der Waals surface area contributed by atoms with Crippen LogP contribution in [0.1, 0.15) is 16.1 Å². The van der Waals surface area contributed by atoms with Crippen LogP contribution < -0.4 is 20.1 Å². The summed E-state index contributed by atoms with van der Waals surface area (Å²) >= 11 is 5.21. The second kappa shape index (κ2) is 11.6. The molecule has 0 bridgehead atoms. The molecule has 1 aromatic heterocycles. The fourth-order valence-corrected chi connectivity index (χ4v) is 3.93. The molecule has 9 nitrogen and oxygen atoms in total. The van der Waals surface area contributed by atoms with Crippen molar-refractivity contribution in [1.82, 2.24) is 10.0 Å². The lowest BCUT2D eigenvalue weighted by molar-refractivity contribution is 0.0970. The summed E-state index contributed by atoms with van der Waals surface area (Å²) in [4.78, 5) is 12.7. The maximum absolute atomic E-state index is 12.6. The third kappa shape index (κ3) is 7.12. The SMILES string of the molecule is COCCOc1ccccc1C(=O)NC(=S)Nc1ccc(S(=O)(=O)NCc2ccco2)cc1. The summed E-state index contributed by atoms with van der Waals surface area (Å²) in [6, 6.07) is 16.1. The first-order valence-electron chi connectivity index (χ1n) is 9.84. The van der Waals surface area contributed by atoms with Crippen LogP contribution >= 0.6 is 12.2 Å². The van der Waals surface area contributed by atoms with Gasteiger partial charge < -0.3 is 19.2 Å². The van der Waals surface area contributed by atoms with Crippen molar-refractivity contribution < 1.29 is 27.1 Å². The number of nitrogens with one attached hydrogen (secondary N) is 3. The molecule has 0 aliphatic carbocycles. The van der Waals surface area contributed by atoms with Crippen LogP contribution in [-0.4, -0.2) is 39.8 Å². The van der Waals surface area contributed by atoms with E-state index < -0.39 is 15.9 Å². The largest absolute Gasteiger partial charge is 0.490 e. The standard InChI is InChI=1S/C22H23N3O6S2/c1-29-13-14-31-20-7-3-2-6-19(20)21(26)25-22(32)24-16-8-10-18(11-9-16)33(27,28)23-15-17-5-4-12-30-17/h2-12,23H,13-15H2,1H3,(H2,24,25,26,32). The van der Waals surface area contributed by atoms with Gasteiger partial charge in [0.25, 0.3) is 5.91 Å². The predicted octanol–water partition coefficient (Wildman–Crippen LogP) is 2.91. The molecule has 3 aromatic rings. The summed E-state index contributed by atoms with van der Waals surface area (Å²) in [7, 11) is -2.15. The molecule has 0 atom stereocenters. The second-order valence-electron chi connectivity index (χ2n) is 6.67. The number of thiocarbonyl (C=S) groups is 1. The molecule has 1 heterocycles. The molecule has 0 aliphatic heterocycles. The number of hydrogen-bond acceptors (Lipinski definition) is 7. The van der Waals surface area contributed by atoms with E-state index in [9.17, 15) is 13.2 Å². The van der Waals surface area contributed by atoms with Crippen molar-refractivity contribution >= 4 is 38.9 Å². The van der Waals surface area contributed by atoms with Gasteiger partial charge in [-0.2, -0.15) is 0 Å². The van der Waals surface area contributed by atoms with Gasteiger partial charge in [0.1, 0.15) is 18.1 Å². The van der Waals surface area contributed by atoms with Crippen LogP contribution in [0.4, 0.5) is 5.69 Å². The summed E-state index contributed by atoms with van der Waals surface area (Å²) in [6.07, 6.45) is 1.47. The van der Waals surface area contributed by atoms with Crippen molar-refractivity contribution in [2.75, 3.05) is 25.6 Å². The smallest absolute Gasteiger partial charge is 0.261 e. The minimum absolute atomic E-state index is 0.0438. The number of hydrogen-bond donors (Lipinski definition) is 3. The van der Waals surface area contributed by atoms with E-state index in [0.717, 1.165) is 0 Å². The summed E-state index contributed by atoms with van der Waals surface area (Å²) in [5.74, 6) is 0.469. The molecule has 0 unspecified atom stereocenters. The highest BCUT2D eigenvalue weighted by molar-refractivity contribution is 7.89. The van der Waals surface area contributed by atoms with E-state index in [4.69, 9.17) is 26.1 Å². The van der Waals surface area contributed by atoms with Gasteiger partial charge in [-0.3, -0.25) is 10.1 Å². The zero-order valence-corrected chi connectivity index (χ0v) is 19.4. The van der Waals surface area contributed by atoms with Crippen molar-refractivity contribution in [1.29, 1.82) is 0 Å². The third-order valence-electron chi connectivity index (χ3n) is 4.34. The van der Waals surface area contributed by atoms with Crippen LogP contribution in [0.15, 0.2) is 76.2 Å². The van der Waals surface area contributed by atoms with Gasteiger partial charge >= 0.3 is 0 Å². The number of carbonyl (C=O) groups is 1. The van der Waals surface area contributed by atoms with Gasteiger partial charge in [0, 0.05) is 12.8 Å². The van der Waals surface area contributed by atoms with Crippen LogP contribution in [0.25, 0.3) is 0 Å². The normalized spacial score (nSPS) is 11.1. The maximum atomic E-state index is 12.6. The van der Waals surface area contributed by atoms with Crippen LogP contribution in [0.3, 0.4) is 0 Å². The fourth-order valence-electron chi connectivity index (χ4n) is 2.73. The zero-order chi connectivity index (χ0) is 23.7. The van der Waals surface area contributed by atoms with Gasteiger partial charge in [-0.05, 0) is 60.7 Å². The topological polar surface area (TPSA) is 119 Å². The number of carbonyl (C=O) groups excluding carboxylic acids is 1. The first-order valence-corrected chi connectivity index (χ1v) is 11.7. The van der Waals surface area contributed by atoms with Crippen LogP contribution in [0.5, 0.6) is 5.75 Å². The average molecular weight is 490 g/mol. The Balaban J connectivity index is 1.57. The first-order chi connectivity index (χ1) is 15.9. The number of amides is 1. The molecule has 11 heteroatoms. The van der Waals surface area contributed by atoms with Crippen molar-refractivity contribution in [2.45, 2.75) is 11.4 Å². The van der Waals surface area contributed by atoms with Crippen molar-refractivity contribution in [2.24, 2.45) is 0 Å². The van der Waals surface area contributed by atoms with Crippen molar-refractivity contribution in [3.63, 3.8) is 0 Å². The number of methoxy groups -OCH3 is 1. The molecule has 0 saturated carbocycles. The summed E-state index contributed by atoms with van der Waals surface area (Å²) in [5.41, 5.74) is 0.830. The summed E-state index contributed by atoms with van der Waals surface area (Å²) in [6.45, 7) is 0.733. The van der Waals surface area contributed by atoms with Gasteiger partial charge in [0.15, 0.2) is 5.11 Å². The molecular weight excluding hydrogens is 466 g/mol. The van der Waals surface area contributed by atoms with E-state index in [1.165, 1.54) is 18.4 Å². The van der Waals surface area contributed by atoms with Gasteiger partial charge in [-0.15, -0.1) is 0 Å². The van der Waals surface area contributed by atoms with Gasteiger partial charge in [-0.25, -0.2) is 13.1 Å². The lowest BCUT2D eigenvalue weighted by Gasteiger charge is -2.13. The van der Waals surface area contributed by atoms with Crippen LogP contribution in [-0.2, 0) is 21.3 Å². The molecule has 0 spiro atoms. The first kappa shape index (κ1) is 24.4. The van der Waals surface area contributed by atoms with E-state index >= 15 is 0 Å². The Morgan fingerprint density at radius 3 is 2.48 bits per heavy atom. The summed E-state index contributed by atoms with van der Waals surface area (Å²) in [5, 5.41) is 5.50. The molecule has 33 heavy (non-hydrogen) atoms. The highest BCUT2D eigenvalue weighted by atomic mass is 32.2. The Kier molecular flexibility index (Phi) is 8.55. The third-order valence-corrected chi connectivity index (χ3v) is 5.96. The predicted molar refractivity (Wildman–Crippen MR) is 127 cm³/mol. The molecule has 0 aliphatic rings. The maximum Gasteiger partial charge on any atom is 0.261 e. The van der Waals surface area contributed by atoms with Gasteiger partial charge in [0.05, 0.1) is 29.9 Å². The Morgan fingerprint density at radius 2 is 1.79 bits per heavy atom. The van der Waals surface area contributed by atoms with Crippen LogP contribution in [0.2, 0.25) is 0 Å². The Bertz CT molecular complexity index is 1180. The van der Waals surface area contributed by atoms with Crippen molar-refractivity contribution in [3.05, 3.63) is 78.3 Å². The van der Waals surface area contributed by atoms with E-state index in [1.54, 1.807) is 55.6 Å². The molecule has 0 radical (unpaired) electrons. The number of sulfonamides is 1. The highest BCUT2D eigenvalue weighted by Gasteiger charge is 2.16. The fraction of sp³-hybridized carbons (Fsp3) is 0.182. The molecule has 1 amide bonds. The minimum atomic E-state index is -3.71. The highest BCUT2D eigenvalue weighted by Crippen LogP contribution is 2.18. The Labute approximate surface area is 197 Å². The molecule has 3 rings (SSSR count). The number of furan rings is 1. The monoisotopic (exact) mass is 489 g/mol. The quantitative estimate of drug-likeness (QED) is 0.294. The van der Waals surface area contributed by atoms with Gasteiger partial charge in [-0.1, -0.05) is 12.1 Å². The number of benzene rings is 2. The lowest BCUT2D eigenvalue weighted by Crippen LogP contribution is -2.34. The molecule has 0 fully saturated rings. The Hall–Kier alpha value is -3.25. The number of para-hydroxylation sites is 1. The molecule has 3 N–H and O–H groups in total. The minimum Gasteiger partial charge on any atom is -0.490 e. The van der Waals surface area contributed by atoms with E-state index in [0.29, 0.717) is 36.0 Å². The summed E-state index contributed by atoms with van der Waals surface area (Å²) < 4.78 is 42.9. The average Bonchev–Trinajstić information content (AvgIpc) is 3.32. The van der Waals surface area contributed by atoms with Crippen LogP contribution in [0, 0.1) is 0 Å². The second-order valence-corrected chi connectivity index (χ2v) is 8.85. The van der Waals surface area contributed by atoms with E-state index in [2.05, 4.69) is 15.4 Å². The Morgan fingerprint density at radius 1 is 1.03 bits per heavy atom. The number of anilines is 1. The van der Waals surface area contributed by atoms with E-state index in [1.807, 2.05) is 0 Å². The molecule has 2 aromatic carbocycles. The molecule has 0 saturated heterocycles.